The molecule has 1 amide bonds. The molecule has 0 radical (unpaired) electrons. The van der Waals surface area contributed by atoms with Crippen molar-refractivity contribution in [3.05, 3.63) is 35.4 Å². The second-order valence-corrected chi connectivity index (χ2v) is 8.01. The third-order valence-corrected chi connectivity index (χ3v) is 4.02. The van der Waals surface area contributed by atoms with Crippen LogP contribution in [-0.2, 0) is 10.2 Å². The monoisotopic (exact) mass is 376 g/mol. The zero-order valence-electron chi connectivity index (χ0n) is 17.6. The molecule has 0 spiro atoms. The normalized spacial score (nSPS) is 13.4. The number of guanidine groups is 1. The summed E-state index contributed by atoms with van der Waals surface area (Å²) < 4.78 is 0. The highest BCUT2D eigenvalue weighted by molar-refractivity contribution is 5.81. The Labute approximate surface area is 163 Å². The quantitative estimate of drug-likeness (QED) is 0.415. The van der Waals surface area contributed by atoms with Crippen molar-refractivity contribution < 1.29 is 9.90 Å². The summed E-state index contributed by atoms with van der Waals surface area (Å²) in [5.41, 5.74) is 2.17. The molecule has 0 aliphatic heterocycles. The third-order valence-electron chi connectivity index (χ3n) is 4.02. The first-order valence-electron chi connectivity index (χ1n) is 9.73. The summed E-state index contributed by atoms with van der Waals surface area (Å²) in [4.78, 5) is 16.1. The number of benzene rings is 1. The summed E-state index contributed by atoms with van der Waals surface area (Å²) in [5, 5.41) is 19.5. The minimum atomic E-state index is -0.668. The molecule has 152 valence electrons. The van der Waals surface area contributed by atoms with Crippen molar-refractivity contribution in [3.63, 3.8) is 0 Å². The van der Waals surface area contributed by atoms with Gasteiger partial charge in [0.05, 0.1) is 12.6 Å². The van der Waals surface area contributed by atoms with Crippen LogP contribution in [0.25, 0.3) is 0 Å². The molecule has 0 bridgehead atoms. The molecule has 1 unspecified atom stereocenters. The summed E-state index contributed by atoms with van der Waals surface area (Å²) in [5.74, 6) is 0.604. The predicted octanol–water partition coefficient (Wildman–Crippen LogP) is 2.49. The summed E-state index contributed by atoms with van der Waals surface area (Å²) in [6.07, 6.45) is -0.293. The number of nitrogens with one attached hydrogen (secondary N) is 3. The average molecular weight is 377 g/mol. The van der Waals surface area contributed by atoms with E-state index in [4.69, 9.17) is 0 Å². The fourth-order valence-corrected chi connectivity index (χ4v) is 2.52. The molecule has 0 saturated carbocycles. The molecule has 27 heavy (non-hydrogen) atoms. The van der Waals surface area contributed by atoms with E-state index in [2.05, 4.69) is 53.8 Å². The van der Waals surface area contributed by atoms with Gasteiger partial charge in [0.1, 0.15) is 0 Å². The van der Waals surface area contributed by atoms with Gasteiger partial charge in [-0.3, -0.25) is 9.79 Å². The fraction of sp³-hybridized carbons (Fsp3) is 0.619. The van der Waals surface area contributed by atoms with E-state index in [0.29, 0.717) is 25.5 Å². The van der Waals surface area contributed by atoms with E-state index in [1.807, 2.05) is 32.9 Å². The first-order valence-corrected chi connectivity index (χ1v) is 9.73. The third kappa shape index (κ3) is 8.91. The molecule has 0 aromatic heterocycles. The van der Waals surface area contributed by atoms with Crippen LogP contribution in [-0.4, -0.2) is 42.6 Å². The number of aliphatic hydroxyl groups excluding tert-OH is 1. The molecule has 1 aromatic carbocycles. The maximum atomic E-state index is 11.7. The largest absolute Gasteiger partial charge is 0.386 e. The summed E-state index contributed by atoms with van der Waals surface area (Å²) >= 11 is 0. The van der Waals surface area contributed by atoms with Crippen LogP contribution in [0.4, 0.5) is 0 Å². The molecule has 0 fully saturated rings. The molecular weight excluding hydrogens is 340 g/mol. The number of amides is 1. The predicted molar refractivity (Wildman–Crippen MR) is 112 cm³/mol. The Morgan fingerprint density at radius 2 is 1.78 bits per heavy atom. The van der Waals surface area contributed by atoms with Crippen LogP contribution in [0.3, 0.4) is 0 Å². The number of hydrogen-bond donors (Lipinski definition) is 4. The molecular formula is C21H36N4O2. The molecule has 1 rings (SSSR count). The van der Waals surface area contributed by atoms with Gasteiger partial charge in [-0.15, -0.1) is 0 Å². The van der Waals surface area contributed by atoms with Gasteiger partial charge in [-0.05, 0) is 37.3 Å². The van der Waals surface area contributed by atoms with Gasteiger partial charge in [0, 0.05) is 25.6 Å². The topological polar surface area (TPSA) is 85.8 Å². The number of carbonyl (C=O) groups excluding carboxylic acids is 1. The van der Waals surface area contributed by atoms with Crippen molar-refractivity contribution in [1.82, 2.24) is 16.0 Å². The highest BCUT2D eigenvalue weighted by atomic mass is 16.3. The Morgan fingerprint density at radius 3 is 2.30 bits per heavy atom. The van der Waals surface area contributed by atoms with Gasteiger partial charge in [0.2, 0.25) is 5.91 Å². The lowest BCUT2D eigenvalue weighted by Gasteiger charge is -2.20. The Morgan fingerprint density at radius 1 is 1.15 bits per heavy atom. The zero-order valence-corrected chi connectivity index (χ0v) is 17.6. The number of rotatable bonds is 8. The summed E-state index contributed by atoms with van der Waals surface area (Å²) in [6.45, 7) is 13.8. The van der Waals surface area contributed by atoms with Crippen molar-refractivity contribution >= 4 is 11.9 Å². The van der Waals surface area contributed by atoms with Gasteiger partial charge < -0.3 is 21.1 Å². The van der Waals surface area contributed by atoms with E-state index in [9.17, 15) is 9.90 Å². The molecule has 0 saturated heterocycles. The van der Waals surface area contributed by atoms with Gasteiger partial charge in [-0.1, -0.05) is 45.0 Å². The molecule has 6 heteroatoms. The van der Waals surface area contributed by atoms with Crippen molar-refractivity contribution in [3.8, 4) is 0 Å². The minimum absolute atomic E-state index is 0.00678. The molecule has 0 aliphatic rings. The average Bonchev–Trinajstić information content (AvgIpc) is 2.58. The van der Waals surface area contributed by atoms with E-state index in [0.717, 1.165) is 5.56 Å². The summed E-state index contributed by atoms with van der Waals surface area (Å²) in [6, 6.07) is 8.16. The highest BCUT2D eigenvalue weighted by Crippen LogP contribution is 2.24. The number of aliphatic imine (C=N–C) groups is 1. The van der Waals surface area contributed by atoms with Crippen molar-refractivity contribution in [2.75, 3.05) is 19.6 Å². The second-order valence-electron chi connectivity index (χ2n) is 8.01. The first kappa shape index (κ1) is 23.0. The van der Waals surface area contributed by atoms with E-state index >= 15 is 0 Å². The van der Waals surface area contributed by atoms with E-state index in [1.165, 1.54) is 5.56 Å². The smallest absolute Gasteiger partial charge is 0.221 e. The van der Waals surface area contributed by atoms with Crippen molar-refractivity contribution in [2.45, 2.75) is 65.5 Å². The number of carbonyl (C=O) groups is 1. The lowest BCUT2D eigenvalue weighted by molar-refractivity contribution is -0.121. The minimum Gasteiger partial charge on any atom is -0.386 e. The standard InChI is InChI=1S/C21H36N4O2/c1-7-22-20(23-13-12-19(27)25-15(2)3)24-14-18(26)16-8-10-17(11-9-16)21(4,5)6/h8-11,15,18,26H,7,12-14H2,1-6H3,(H,25,27)(H2,22,23,24). The van der Waals surface area contributed by atoms with E-state index < -0.39 is 6.10 Å². The Hall–Kier alpha value is -2.08. The molecule has 1 aromatic rings. The molecule has 0 heterocycles. The van der Waals surface area contributed by atoms with Gasteiger partial charge in [-0.2, -0.15) is 0 Å². The van der Waals surface area contributed by atoms with Crippen LogP contribution in [0.15, 0.2) is 29.3 Å². The van der Waals surface area contributed by atoms with Gasteiger partial charge >= 0.3 is 0 Å². The molecule has 0 aliphatic carbocycles. The van der Waals surface area contributed by atoms with Gasteiger partial charge in [0.15, 0.2) is 5.96 Å². The second kappa shape index (κ2) is 10.9. The Bertz CT molecular complexity index is 604. The van der Waals surface area contributed by atoms with Gasteiger partial charge in [0.25, 0.3) is 0 Å². The van der Waals surface area contributed by atoms with E-state index in [1.54, 1.807) is 0 Å². The van der Waals surface area contributed by atoms with Crippen LogP contribution >= 0.6 is 0 Å². The highest BCUT2D eigenvalue weighted by Gasteiger charge is 2.14. The lowest BCUT2D eigenvalue weighted by atomic mass is 9.86. The van der Waals surface area contributed by atoms with Crippen molar-refractivity contribution in [2.24, 2.45) is 4.99 Å². The Kier molecular flexibility index (Phi) is 9.29. The van der Waals surface area contributed by atoms with E-state index in [-0.39, 0.29) is 23.9 Å². The maximum Gasteiger partial charge on any atom is 0.221 e. The van der Waals surface area contributed by atoms with Crippen LogP contribution in [0, 0.1) is 0 Å². The molecule has 1 atom stereocenters. The van der Waals surface area contributed by atoms with Crippen LogP contribution in [0.5, 0.6) is 0 Å². The van der Waals surface area contributed by atoms with Crippen LogP contribution in [0.2, 0.25) is 0 Å². The lowest BCUT2D eigenvalue weighted by Crippen LogP contribution is -2.40. The molecule has 6 nitrogen and oxygen atoms in total. The number of hydrogen-bond acceptors (Lipinski definition) is 3. The number of nitrogens with zero attached hydrogens (tertiary/aromatic N) is 1. The SMILES string of the molecule is CCNC(=NCC(O)c1ccc(C(C)(C)C)cc1)NCCC(=O)NC(C)C. The maximum absolute atomic E-state index is 11.7. The van der Waals surface area contributed by atoms with Crippen LogP contribution < -0.4 is 16.0 Å². The number of aliphatic hydroxyl groups is 1. The fourth-order valence-electron chi connectivity index (χ4n) is 2.52. The van der Waals surface area contributed by atoms with Gasteiger partial charge in [-0.25, -0.2) is 0 Å². The first-order chi connectivity index (χ1) is 12.6. The molecule has 4 N–H and O–H groups in total. The Balaban J connectivity index is 2.59. The van der Waals surface area contributed by atoms with Crippen LogP contribution in [0.1, 0.15) is 65.2 Å². The van der Waals surface area contributed by atoms with Crippen molar-refractivity contribution in [1.29, 1.82) is 0 Å². The zero-order chi connectivity index (χ0) is 20.4. The summed E-state index contributed by atoms with van der Waals surface area (Å²) in [7, 11) is 0.